The number of anilines is 2. The maximum Gasteiger partial charge on any atom is 0.325 e. The van der Waals surface area contributed by atoms with Crippen LogP contribution in [0.5, 0.6) is 6.01 Å². The van der Waals surface area contributed by atoms with Crippen molar-refractivity contribution < 1.29 is 14.3 Å². The van der Waals surface area contributed by atoms with E-state index in [0.29, 0.717) is 19.1 Å². The van der Waals surface area contributed by atoms with Gasteiger partial charge in [0, 0.05) is 6.54 Å². The van der Waals surface area contributed by atoms with E-state index >= 15 is 0 Å². The number of hydrogen-bond donors (Lipinski definition) is 2. The van der Waals surface area contributed by atoms with E-state index in [9.17, 15) is 4.79 Å². The van der Waals surface area contributed by atoms with Crippen LogP contribution in [0.15, 0.2) is 0 Å². The molecule has 0 saturated carbocycles. The first kappa shape index (κ1) is 14.9. The standard InChI is InChI=1S/C11H19N5O3/c1-4-6-19-11-15-9(12-5-2)14-10(16-11)13-7-8(17)18-3/h4-7H2,1-3H3,(H2,12,13,14,15,16). The van der Waals surface area contributed by atoms with Crippen molar-refractivity contribution in [3.05, 3.63) is 0 Å². The van der Waals surface area contributed by atoms with Crippen molar-refractivity contribution in [3.63, 3.8) is 0 Å². The first-order valence-electron chi connectivity index (χ1n) is 6.13. The third-order valence-electron chi connectivity index (χ3n) is 2.00. The van der Waals surface area contributed by atoms with E-state index in [0.717, 1.165) is 6.42 Å². The minimum atomic E-state index is -0.401. The van der Waals surface area contributed by atoms with Crippen LogP contribution in [0.1, 0.15) is 20.3 Å². The molecule has 0 saturated heterocycles. The molecule has 1 aromatic heterocycles. The predicted octanol–water partition coefficient (Wildman–Crippen LogP) is 0.677. The summed E-state index contributed by atoms with van der Waals surface area (Å²) in [5.74, 6) is 0.264. The van der Waals surface area contributed by atoms with Gasteiger partial charge in [0.15, 0.2) is 0 Å². The van der Waals surface area contributed by atoms with Crippen LogP contribution in [-0.2, 0) is 9.53 Å². The highest BCUT2D eigenvalue weighted by Crippen LogP contribution is 2.11. The van der Waals surface area contributed by atoms with E-state index < -0.39 is 5.97 Å². The maximum atomic E-state index is 11.0. The van der Waals surface area contributed by atoms with E-state index in [1.165, 1.54) is 7.11 Å². The second-order valence-corrected chi connectivity index (χ2v) is 3.57. The lowest BCUT2D eigenvalue weighted by molar-refractivity contribution is -0.138. The number of methoxy groups -OCH3 is 1. The van der Waals surface area contributed by atoms with Crippen LogP contribution in [0.25, 0.3) is 0 Å². The molecule has 19 heavy (non-hydrogen) atoms. The lowest BCUT2D eigenvalue weighted by atomic mass is 10.5. The van der Waals surface area contributed by atoms with Crippen molar-refractivity contribution in [2.24, 2.45) is 0 Å². The number of aromatic nitrogens is 3. The van der Waals surface area contributed by atoms with Gasteiger partial charge in [-0.05, 0) is 13.3 Å². The molecule has 0 aliphatic rings. The Hall–Kier alpha value is -2.12. The van der Waals surface area contributed by atoms with Gasteiger partial charge in [-0.2, -0.15) is 15.0 Å². The molecule has 8 nitrogen and oxygen atoms in total. The number of rotatable bonds is 8. The van der Waals surface area contributed by atoms with Crippen molar-refractivity contribution in [3.8, 4) is 6.01 Å². The average molecular weight is 269 g/mol. The largest absolute Gasteiger partial charge is 0.468 e. The smallest absolute Gasteiger partial charge is 0.325 e. The molecule has 0 radical (unpaired) electrons. The van der Waals surface area contributed by atoms with Crippen LogP contribution < -0.4 is 15.4 Å². The Morgan fingerprint density at radius 3 is 2.42 bits per heavy atom. The summed E-state index contributed by atoms with van der Waals surface area (Å²) in [6.45, 7) is 5.10. The van der Waals surface area contributed by atoms with Gasteiger partial charge in [-0.25, -0.2) is 0 Å². The molecule has 106 valence electrons. The van der Waals surface area contributed by atoms with Gasteiger partial charge >= 0.3 is 12.0 Å². The van der Waals surface area contributed by atoms with Crippen LogP contribution in [0.3, 0.4) is 0 Å². The van der Waals surface area contributed by atoms with E-state index in [1.807, 2.05) is 13.8 Å². The summed E-state index contributed by atoms with van der Waals surface area (Å²) in [6.07, 6.45) is 0.854. The summed E-state index contributed by atoms with van der Waals surface area (Å²) < 4.78 is 9.88. The molecule has 0 fully saturated rings. The number of nitrogens with zero attached hydrogens (tertiary/aromatic N) is 3. The highest BCUT2D eigenvalue weighted by Gasteiger charge is 2.08. The predicted molar refractivity (Wildman–Crippen MR) is 70.3 cm³/mol. The molecule has 0 amide bonds. The first-order chi connectivity index (χ1) is 9.19. The number of hydrogen-bond acceptors (Lipinski definition) is 8. The molecule has 1 aromatic rings. The fourth-order valence-electron chi connectivity index (χ4n) is 1.15. The van der Waals surface area contributed by atoms with Crippen molar-refractivity contribution in [2.45, 2.75) is 20.3 Å². The summed E-state index contributed by atoms with van der Waals surface area (Å²) >= 11 is 0. The van der Waals surface area contributed by atoms with Gasteiger partial charge in [0.1, 0.15) is 6.54 Å². The topological polar surface area (TPSA) is 98.3 Å². The van der Waals surface area contributed by atoms with E-state index in [2.05, 4.69) is 30.3 Å². The monoisotopic (exact) mass is 269 g/mol. The van der Waals surface area contributed by atoms with Crippen LogP contribution in [-0.4, -0.2) is 47.7 Å². The molecule has 0 spiro atoms. The lowest BCUT2D eigenvalue weighted by Gasteiger charge is -2.09. The van der Waals surface area contributed by atoms with Gasteiger partial charge in [0.05, 0.1) is 13.7 Å². The molecule has 0 unspecified atom stereocenters. The van der Waals surface area contributed by atoms with Crippen LogP contribution in [0.2, 0.25) is 0 Å². The molecule has 1 heterocycles. The lowest BCUT2D eigenvalue weighted by Crippen LogP contribution is -2.18. The van der Waals surface area contributed by atoms with Gasteiger partial charge in [0.25, 0.3) is 0 Å². The van der Waals surface area contributed by atoms with Crippen LogP contribution in [0, 0.1) is 0 Å². The zero-order chi connectivity index (χ0) is 14.1. The molecule has 8 heteroatoms. The Morgan fingerprint density at radius 2 is 1.84 bits per heavy atom. The van der Waals surface area contributed by atoms with Crippen LogP contribution in [0.4, 0.5) is 11.9 Å². The first-order valence-corrected chi connectivity index (χ1v) is 6.13. The zero-order valence-electron chi connectivity index (χ0n) is 11.4. The zero-order valence-corrected chi connectivity index (χ0v) is 11.4. The molecule has 0 aromatic carbocycles. The highest BCUT2D eigenvalue weighted by atomic mass is 16.5. The molecule has 0 aliphatic carbocycles. The molecular formula is C11H19N5O3. The fraction of sp³-hybridized carbons (Fsp3) is 0.636. The molecular weight excluding hydrogens is 250 g/mol. The Labute approximate surface area is 111 Å². The Bertz CT molecular complexity index is 413. The Balaban J connectivity index is 2.76. The number of ether oxygens (including phenoxy) is 2. The van der Waals surface area contributed by atoms with Gasteiger partial charge in [-0.1, -0.05) is 6.92 Å². The van der Waals surface area contributed by atoms with E-state index in [1.54, 1.807) is 0 Å². The molecule has 0 bridgehead atoms. The molecule has 0 atom stereocenters. The minimum absolute atomic E-state index is 0.0146. The molecule has 1 rings (SSSR count). The second kappa shape index (κ2) is 8.06. The Kier molecular flexibility index (Phi) is 6.34. The normalized spacial score (nSPS) is 9.84. The quantitative estimate of drug-likeness (QED) is 0.665. The van der Waals surface area contributed by atoms with Gasteiger partial charge < -0.3 is 20.1 Å². The number of esters is 1. The summed E-state index contributed by atoms with van der Waals surface area (Å²) in [5, 5.41) is 5.72. The molecule has 2 N–H and O–H groups in total. The van der Waals surface area contributed by atoms with Gasteiger partial charge in [0.2, 0.25) is 11.9 Å². The number of carbonyl (C=O) groups is 1. The number of carbonyl (C=O) groups excluding carboxylic acids is 1. The van der Waals surface area contributed by atoms with E-state index in [-0.39, 0.29) is 18.5 Å². The summed E-state index contributed by atoms with van der Waals surface area (Å²) in [7, 11) is 1.32. The molecule has 0 aliphatic heterocycles. The van der Waals surface area contributed by atoms with E-state index in [4.69, 9.17) is 4.74 Å². The van der Waals surface area contributed by atoms with Crippen molar-refractivity contribution in [2.75, 3.05) is 37.4 Å². The van der Waals surface area contributed by atoms with Crippen molar-refractivity contribution in [1.82, 2.24) is 15.0 Å². The summed E-state index contributed by atoms with van der Waals surface area (Å²) in [4.78, 5) is 23.3. The minimum Gasteiger partial charge on any atom is -0.468 e. The number of nitrogens with one attached hydrogen (secondary N) is 2. The highest BCUT2D eigenvalue weighted by molar-refractivity contribution is 5.74. The summed E-state index contributed by atoms with van der Waals surface area (Å²) in [6, 6.07) is 0.222. The summed E-state index contributed by atoms with van der Waals surface area (Å²) in [5.41, 5.74) is 0. The average Bonchev–Trinajstić information content (AvgIpc) is 2.42. The van der Waals surface area contributed by atoms with Crippen LogP contribution >= 0.6 is 0 Å². The third-order valence-corrected chi connectivity index (χ3v) is 2.00. The van der Waals surface area contributed by atoms with Crippen molar-refractivity contribution in [1.29, 1.82) is 0 Å². The Morgan fingerprint density at radius 1 is 1.16 bits per heavy atom. The fourth-order valence-corrected chi connectivity index (χ4v) is 1.15. The SMILES string of the molecule is CCCOc1nc(NCC)nc(NCC(=O)OC)n1. The van der Waals surface area contributed by atoms with Gasteiger partial charge in [-0.15, -0.1) is 0 Å². The van der Waals surface area contributed by atoms with Crippen molar-refractivity contribution >= 4 is 17.9 Å². The van der Waals surface area contributed by atoms with Gasteiger partial charge in [-0.3, -0.25) is 4.79 Å². The maximum absolute atomic E-state index is 11.0. The second-order valence-electron chi connectivity index (χ2n) is 3.57. The third kappa shape index (κ3) is 5.36.